The van der Waals surface area contributed by atoms with Crippen LogP contribution in [-0.4, -0.2) is 13.7 Å². The van der Waals surface area contributed by atoms with E-state index in [1.165, 1.54) is 48.8 Å². The Bertz CT molecular complexity index is 673. The third-order valence-electron chi connectivity index (χ3n) is 5.31. The summed E-state index contributed by atoms with van der Waals surface area (Å²) >= 11 is 0. The maximum atomic E-state index is 8.89. The van der Waals surface area contributed by atoms with Crippen LogP contribution in [-0.2, 0) is 4.74 Å². The molecule has 0 amide bonds. The molecule has 3 rings (SSSR count). The van der Waals surface area contributed by atoms with Gasteiger partial charge in [-0.15, -0.1) is 0 Å². The number of nitrogens with zero attached hydrogens (tertiary/aromatic N) is 1. The Hall–Kier alpha value is -2.11. The van der Waals surface area contributed by atoms with Crippen molar-refractivity contribution >= 4 is 0 Å². The van der Waals surface area contributed by atoms with E-state index in [1.807, 2.05) is 24.3 Å². The van der Waals surface area contributed by atoms with Gasteiger partial charge in [0.15, 0.2) is 0 Å². The summed E-state index contributed by atoms with van der Waals surface area (Å²) < 4.78 is 5.21. The molecule has 0 bridgehead atoms. The van der Waals surface area contributed by atoms with E-state index in [4.69, 9.17) is 10.00 Å². The number of benzene rings is 2. The highest BCUT2D eigenvalue weighted by atomic mass is 16.5. The van der Waals surface area contributed by atoms with Crippen molar-refractivity contribution in [2.24, 2.45) is 5.92 Å². The lowest BCUT2D eigenvalue weighted by Crippen LogP contribution is -2.14. The zero-order chi connectivity index (χ0) is 16.8. The highest BCUT2D eigenvalue weighted by Gasteiger charge is 2.22. The fourth-order valence-electron chi connectivity index (χ4n) is 3.75. The fraction of sp³-hybridized carbons (Fsp3) is 0.409. The van der Waals surface area contributed by atoms with E-state index in [-0.39, 0.29) is 0 Å². The fourth-order valence-corrected chi connectivity index (χ4v) is 3.75. The van der Waals surface area contributed by atoms with Gasteiger partial charge in [0.25, 0.3) is 0 Å². The summed E-state index contributed by atoms with van der Waals surface area (Å²) in [5, 5.41) is 8.89. The summed E-state index contributed by atoms with van der Waals surface area (Å²) in [5.41, 5.74) is 4.57. The van der Waals surface area contributed by atoms with Gasteiger partial charge in [0, 0.05) is 13.7 Å². The van der Waals surface area contributed by atoms with E-state index in [2.05, 4.69) is 30.3 Å². The second-order valence-corrected chi connectivity index (χ2v) is 6.81. The summed E-state index contributed by atoms with van der Waals surface area (Å²) in [5.74, 6) is 1.55. The monoisotopic (exact) mass is 319 g/mol. The van der Waals surface area contributed by atoms with Crippen molar-refractivity contribution in [2.45, 2.75) is 38.0 Å². The summed E-state index contributed by atoms with van der Waals surface area (Å²) in [4.78, 5) is 0. The molecule has 24 heavy (non-hydrogen) atoms. The Kier molecular flexibility index (Phi) is 5.67. The summed E-state index contributed by atoms with van der Waals surface area (Å²) in [6.45, 7) is 0.897. The van der Waals surface area contributed by atoms with E-state index < -0.39 is 0 Å². The molecule has 0 saturated heterocycles. The smallest absolute Gasteiger partial charge is 0.0991 e. The summed E-state index contributed by atoms with van der Waals surface area (Å²) in [7, 11) is 1.79. The molecule has 0 aromatic heterocycles. The molecule has 0 spiro atoms. The molecule has 1 aliphatic rings. The van der Waals surface area contributed by atoms with Crippen LogP contribution in [0.15, 0.2) is 48.5 Å². The quantitative estimate of drug-likeness (QED) is 0.725. The van der Waals surface area contributed by atoms with Crippen molar-refractivity contribution in [2.75, 3.05) is 13.7 Å². The molecule has 124 valence electrons. The first kappa shape index (κ1) is 16.7. The van der Waals surface area contributed by atoms with Crippen LogP contribution >= 0.6 is 0 Å². The van der Waals surface area contributed by atoms with Crippen LogP contribution in [0.5, 0.6) is 0 Å². The molecule has 0 N–H and O–H groups in total. The van der Waals surface area contributed by atoms with Gasteiger partial charge in [-0.3, -0.25) is 0 Å². The maximum Gasteiger partial charge on any atom is 0.0991 e. The number of methoxy groups -OCH3 is 1. The molecule has 0 heterocycles. The minimum atomic E-state index is 0.707. The van der Waals surface area contributed by atoms with E-state index in [0.29, 0.717) is 11.5 Å². The second kappa shape index (κ2) is 8.13. The predicted octanol–water partition coefficient (Wildman–Crippen LogP) is 5.54. The van der Waals surface area contributed by atoms with E-state index >= 15 is 0 Å². The van der Waals surface area contributed by atoms with Crippen LogP contribution in [0.2, 0.25) is 0 Å². The molecule has 0 radical (unpaired) electrons. The summed E-state index contributed by atoms with van der Waals surface area (Å²) in [6, 6.07) is 19.0. The molecule has 2 aromatic carbocycles. The van der Waals surface area contributed by atoms with Gasteiger partial charge in [-0.05, 0) is 72.8 Å². The van der Waals surface area contributed by atoms with Crippen LogP contribution in [0, 0.1) is 17.2 Å². The third-order valence-corrected chi connectivity index (χ3v) is 5.31. The molecule has 2 nitrogen and oxygen atoms in total. The minimum Gasteiger partial charge on any atom is -0.385 e. The topological polar surface area (TPSA) is 33.0 Å². The minimum absolute atomic E-state index is 0.707. The van der Waals surface area contributed by atoms with Gasteiger partial charge in [0.1, 0.15) is 0 Å². The SMILES string of the molecule is COCCC1CCC(c2ccc(-c3ccc(C#N)cc3)cc2)CC1. The lowest BCUT2D eigenvalue weighted by Gasteiger charge is -2.28. The first-order valence-electron chi connectivity index (χ1n) is 8.89. The lowest BCUT2D eigenvalue weighted by molar-refractivity contribution is 0.163. The Balaban J connectivity index is 1.61. The number of ether oxygens (including phenoxy) is 1. The molecule has 1 saturated carbocycles. The normalized spacial score (nSPS) is 20.5. The largest absolute Gasteiger partial charge is 0.385 e. The highest BCUT2D eigenvalue weighted by Crippen LogP contribution is 2.37. The van der Waals surface area contributed by atoms with Crippen LogP contribution in [0.1, 0.15) is 49.1 Å². The van der Waals surface area contributed by atoms with Crippen LogP contribution < -0.4 is 0 Å². The maximum absolute atomic E-state index is 8.89. The third kappa shape index (κ3) is 4.04. The van der Waals surface area contributed by atoms with Crippen molar-refractivity contribution in [3.63, 3.8) is 0 Å². The zero-order valence-corrected chi connectivity index (χ0v) is 14.4. The van der Waals surface area contributed by atoms with Crippen LogP contribution in [0.25, 0.3) is 11.1 Å². The van der Waals surface area contributed by atoms with Gasteiger partial charge in [0.05, 0.1) is 11.6 Å². The highest BCUT2D eigenvalue weighted by molar-refractivity contribution is 5.64. The summed E-state index contributed by atoms with van der Waals surface area (Å²) in [6.07, 6.45) is 6.45. The first-order valence-corrected chi connectivity index (χ1v) is 8.89. The number of rotatable bonds is 5. The van der Waals surface area contributed by atoms with Crippen LogP contribution in [0.3, 0.4) is 0 Å². The molecule has 1 aliphatic carbocycles. The van der Waals surface area contributed by atoms with Gasteiger partial charge >= 0.3 is 0 Å². The van der Waals surface area contributed by atoms with E-state index in [1.54, 1.807) is 7.11 Å². The number of nitriles is 1. The molecular formula is C22H25NO. The van der Waals surface area contributed by atoms with Crippen molar-refractivity contribution in [3.05, 3.63) is 59.7 Å². The molecule has 2 aromatic rings. The van der Waals surface area contributed by atoms with Crippen molar-refractivity contribution < 1.29 is 4.74 Å². The standard InChI is InChI=1S/C22H25NO/c1-24-15-14-17-2-6-19(7-3-17)21-10-12-22(13-11-21)20-8-4-18(16-23)5-9-20/h4-5,8-13,17,19H,2-3,6-7,14-15H2,1H3. The van der Waals surface area contributed by atoms with E-state index in [0.717, 1.165) is 12.5 Å². The zero-order valence-electron chi connectivity index (χ0n) is 14.4. The molecule has 2 heteroatoms. The Morgan fingerprint density at radius 3 is 2.04 bits per heavy atom. The second-order valence-electron chi connectivity index (χ2n) is 6.81. The Morgan fingerprint density at radius 1 is 0.917 bits per heavy atom. The Morgan fingerprint density at radius 2 is 1.50 bits per heavy atom. The van der Waals surface area contributed by atoms with Gasteiger partial charge in [-0.2, -0.15) is 5.26 Å². The van der Waals surface area contributed by atoms with Crippen LogP contribution in [0.4, 0.5) is 0 Å². The Labute approximate surface area is 145 Å². The molecule has 1 fully saturated rings. The lowest BCUT2D eigenvalue weighted by atomic mass is 9.77. The van der Waals surface area contributed by atoms with Gasteiger partial charge in [-0.1, -0.05) is 36.4 Å². The first-order chi connectivity index (χ1) is 11.8. The molecule has 0 aliphatic heterocycles. The van der Waals surface area contributed by atoms with E-state index in [9.17, 15) is 0 Å². The van der Waals surface area contributed by atoms with Crippen molar-refractivity contribution in [3.8, 4) is 17.2 Å². The molecular weight excluding hydrogens is 294 g/mol. The van der Waals surface area contributed by atoms with Crippen molar-refractivity contribution in [1.29, 1.82) is 5.26 Å². The average molecular weight is 319 g/mol. The van der Waals surface area contributed by atoms with Gasteiger partial charge < -0.3 is 4.74 Å². The van der Waals surface area contributed by atoms with Gasteiger partial charge in [-0.25, -0.2) is 0 Å². The predicted molar refractivity (Wildman–Crippen MR) is 97.8 cm³/mol. The van der Waals surface area contributed by atoms with Crippen molar-refractivity contribution in [1.82, 2.24) is 0 Å². The van der Waals surface area contributed by atoms with Gasteiger partial charge in [0.2, 0.25) is 0 Å². The molecule has 0 atom stereocenters. The number of hydrogen-bond acceptors (Lipinski definition) is 2. The molecule has 0 unspecified atom stereocenters. The number of hydrogen-bond donors (Lipinski definition) is 0. The average Bonchev–Trinajstić information content (AvgIpc) is 2.67.